The molecule has 0 amide bonds. The average Bonchev–Trinajstić information content (AvgIpc) is 3.31. The average molecular weight is 279 g/mol. The summed E-state index contributed by atoms with van der Waals surface area (Å²) >= 11 is 0. The van der Waals surface area contributed by atoms with Gasteiger partial charge in [-0.3, -0.25) is 0 Å². The summed E-state index contributed by atoms with van der Waals surface area (Å²) in [7, 11) is 0. The van der Waals surface area contributed by atoms with Crippen LogP contribution in [-0.4, -0.2) is 12.6 Å². The van der Waals surface area contributed by atoms with Gasteiger partial charge in [0.15, 0.2) is 0 Å². The van der Waals surface area contributed by atoms with Crippen molar-refractivity contribution in [3.63, 3.8) is 0 Å². The van der Waals surface area contributed by atoms with Gasteiger partial charge < -0.3 is 10.1 Å². The first-order valence-corrected chi connectivity index (χ1v) is 7.91. The quantitative estimate of drug-likeness (QED) is 0.871. The number of fused-ring (bicyclic) bond motifs is 1. The van der Waals surface area contributed by atoms with Crippen molar-refractivity contribution in [3.8, 4) is 5.75 Å². The highest BCUT2D eigenvalue weighted by Gasteiger charge is 2.25. The molecule has 1 atom stereocenters. The van der Waals surface area contributed by atoms with E-state index in [0.29, 0.717) is 5.92 Å². The van der Waals surface area contributed by atoms with Gasteiger partial charge in [0.25, 0.3) is 0 Å². The van der Waals surface area contributed by atoms with Crippen LogP contribution in [0.25, 0.3) is 0 Å². The van der Waals surface area contributed by atoms with Gasteiger partial charge in [-0.2, -0.15) is 0 Å². The van der Waals surface area contributed by atoms with Crippen LogP contribution in [0.4, 0.5) is 0 Å². The zero-order valence-electron chi connectivity index (χ0n) is 12.2. The van der Waals surface area contributed by atoms with Crippen molar-refractivity contribution in [2.75, 3.05) is 6.61 Å². The summed E-state index contributed by atoms with van der Waals surface area (Å²) in [5.74, 6) is 1.56. The molecule has 1 saturated carbocycles. The molecule has 1 N–H and O–H groups in total. The molecule has 2 aliphatic carbocycles. The Bertz CT molecular complexity index is 633. The molecule has 1 fully saturated rings. The van der Waals surface area contributed by atoms with Gasteiger partial charge in [-0.25, -0.2) is 0 Å². The second-order valence-corrected chi connectivity index (χ2v) is 6.21. The first kappa shape index (κ1) is 12.9. The number of nitrogens with one attached hydrogen (secondary N) is 1. The number of benzene rings is 2. The van der Waals surface area contributed by atoms with Crippen LogP contribution >= 0.6 is 0 Å². The number of ether oxygens (including phenoxy) is 1. The lowest BCUT2D eigenvalue weighted by Gasteiger charge is -2.29. The molecule has 0 aliphatic heterocycles. The van der Waals surface area contributed by atoms with Gasteiger partial charge in [-0.15, -0.1) is 0 Å². The molecule has 2 aliphatic rings. The molecule has 0 saturated heterocycles. The lowest BCUT2D eigenvalue weighted by molar-refractivity contribution is 0.275. The van der Waals surface area contributed by atoms with Crippen LogP contribution in [0.2, 0.25) is 0 Å². The van der Waals surface area contributed by atoms with E-state index in [9.17, 15) is 0 Å². The van der Waals surface area contributed by atoms with E-state index in [2.05, 4.69) is 53.8 Å². The second kappa shape index (κ2) is 5.53. The minimum Gasteiger partial charge on any atom is -0.493 e. The Labute approximate surface area is 126 Å². The predicted octanol–water partition coefficient (Wildman–Crippen LogP) is 3.66. The lowest BCUT2D eigenvalue weighted by Crippen LogP contribution is -2.23. The maximum atomic E-state index is 6.00. The molecule has 108 valence electrons. The van der Waals surface area contributed by atoms with Crippen molar-refractivity contribution in [2.45, 2.75) is 37.8 Å². The van der Waals surface area contributed by atoms with Gasteiger partial charge in [0.2, 0.25) is 0 Å². The molecule has 2 nitrogen and oxygen atoms in total. The molecule has 0 heterocycles. The summed E-state index contributed by atoms with van der Waals surface area (Å²) < 4.78 is 6.00. The third-order valence-corrected chi connectivity index (χ3v) is 4.48. The predicted molar refractivity (Wildman–Crippen MR) is 84.7 cm³/mol. The van der Waals surface area contributed by atoms with Crippen LogP contribution in [-0.2, 0) is 13.0 Å². The molecular weight excluding hydrogens is 258 g/mol. The molecule has 2 heteroatoms. The van der Waals surface area contributed by atoms with Gasteiger partial charge in [0.05, 0.1) is 6.61 Å². The first-order chi connectivity index (χ1) is 10.4. The fourth-order valence-corrected chi connectivity index (χ4v) is 3.00. The SMILES string of the molecule is c1cc(CNC2CC2)cc(OCC2Cc3ccccc32)c1. The van der Waals surface area contributed by atoms with E-state index in [0.717, 1.165) is 31.4 Å². The zero-order chi connectivity index (χ0) is 14.1. The third kappa shape index (κ3) is 2.96. The molecule has 2 aromatic carbocycles. The van der Waals surface area contributed by atoms with Gasteiger partial charge in [-0.1, -0.05) is 36.4 Å². The van der Waals surface area contributed by atoms with Crippen LogP contribution < -0.4 is 10.1 Å². The summed E-state index contributed by atoms with van der Waals surface area (Å²) in [6, 6.07) is 17.9. The summed E-state index contributed by atoms with van der Waals surface area (Å²) in [6.45, 7) is 1.74. The van der Waals surface area contributed by atoms with Crippen LogP contribution in [0.15, 0.2) is 48.5 Å². The van der Waals surface area contributed by atoms with E-state index in [-0.39, 0.29) is 0 Å². The fourth-order valence-electron chi connectivity index (χ4n) is 3.00. The lowest BCUT2D eigenvalue weighted by atomic mass is 9.78. The zero-order valence-corrected chi connectivity index (χ0v) is 12.2. The van der Waals surface area contributed by atoms with E-state index in [1.165, 1.54) is 29.5 Å². The summed E-state index contributed by atoms with van der Waals surface area (Å²) in [5, 5.41) is 3.54. The van der Waals surface area contributed by atoms with Crippen molar-refractivity contribution in [2.24, 2.45) is 0 Å². The van der Waals surface area contributed by atoms with Gasteiger partial charge in [0, 0.05) is 18.5 Å². The molecule has 0 spiro atoms. The molecule has 2 aromatic rings. The Morgan fingerprint density at radius 3 is 2.81 bits per heavy atom. The summed E-state index contributed by atoms with van der Waals surface area (Å²) in [5.41, 5.74) is 4.26. The van der Waals surface area contributed by atoms with Gasteiger partial charge in [-0.05, 0) is 48.1 Å². The number of rotatable bonds is 6. The smallest absolute Gasteiger partial charge is 0.119 e. The van der Waals surface area contributed by atoms with E-state index >= 15 is 0 Å². The van der Waals surface area contributed by atoms with Crippen molar-refractivity contribution in [1.29, 1.82) is 0 Å². The topological polar surface area (TPSA) is 21.3 Å². The molecule has 0 aromatic heterocycles. The highest BCUT2D eigenvalue weighted by molar-refractivity contribution is 5.40. The molecule has 4 rings (SSSR count). The Morgan fingerprint density at radius 1 is 1.05 bits per heavy atom. The minimum absolute atomic E-state index is 0.564. The number of hydrogen-bond donors (Lipinski definition) is 1. The van der Waals surface area contributed by atoms with E-state index in [1.807, 2.05) is 0 Å². The Kier molecular flexibility index (Phi) is 3.40. The Hall–Kier alpha value is -1.80. The van der Waals surface area contributed by atoms with Crippen molar-refractivity contribution in [1.82, 2.24) is 5.32 Å². The highest BCUT2D eigenvalue weighted by Crippen LogP contribution is 2.35. The van der Waals surface area contributed by atoms with E-state index < -0.39 is 0 Å². The summed E-state index contributed by atoms with van der Waals surface area (Å²) in [4.78, 5) is 0. The summed E-state index contributed by atoms with van der Waals surface area (Å²) in [6.07, 6.45) is 3.81. The standard InChI is InChI=1S/C19H21NO/c1-2-7-19-15(5-1)11-16(19)13-21-18-6-3-4-14(10-18)12-20-17-8-9-17/h1-7,10,16-17,20H,8-9,11-13H2. The maximum Gasteiger partial charge on any atom is 0.119 e. The van der Waals surface area contributed by atoms with Crippen molar-refractivity contribution < 1.29 is 4.74 Å². The number of hydrogen-bond acceptors (Lipinski definition) is 2. The normalized spacial score (nSPS) is 19.7. The fraction of sp³-hybridized carbons (Fsp3) is 0.368. The molecule has 1 unspecified atom stereocenters. The second-order valence-electron chi connectivity index (χ2n) is 6.21. The Morgan fingerprint density at radius 2 is 1.95 bits per heavy atom. The molecule has 0 radical (unpaired) electrons. The van der Waals surface area contributed by atoms with E-state index in [4.69, 9.17) is 4.74 Å². The maximum absolute atomic E-state index is 6.00. The Balaban J connectivity index is 1.33. The largest absolute Gasteiger partial charge is 0.493 e. The van der Waals surface area contributed by atoms with Gasteiger partial charge in [0.1, 0.15) is 5.75 Å². The monoisotopic (exact) mass is 279 g/mol. The molecular formula is C19H21NO. The van der Waals surface area contributed by atoms with Crippen LogP contribution in [0, 0.1) is 0 Å². The van der Waals surface area contributed by atoms with Gasteiger partial charge >= 0.3 is 0 Å². The minimum atomic E-state index is 0.564. The van der Waals surface area contributed by atoms with Crippen molar-refractivity contribution >= 4 is 0 Å². The van der Waals surface area contributed by atoms with E-state index in [1.54, 1.807) is 0 Å². The van der Waals surface area contributed by atoms with Crippen LogP contribution in [0.1, 0.15) is 35.4 Å². The highest BCUT2D eigenvalue weighted by atomic mass is 16.5. The first-order valence-electron chi connectivity index (χ1n) is 7.91. The molecule has 0 bridgehead atoms. The van der Waals surface area contributed by atoms with Crippen LogP contribution in [0.5, 0.6) is 5.75 Å². The van der Waals surface area contributed by atoms with Crippen LogP contribution in [0.3, 0.4) is 0 Å². The third-order valence-electron chi connectivity index (χ3n) is 4.48. The van der Waals surface area contributed by atoms with Crippen molar-refractivity contribution in [3.05, 3.63) is 65.2 Å². The molecule has 21 heavy (non-hydrogen) atoms.